The number of pyridine rings is 1. The van der Waals surface area contributed by atoms with Crippen LogP contribution >= 0.6 is 0 Å². The molecule has 274 valence electrons. The molecule has 0 aliphatic carbocycles. The van der Waals surface area contributed by atoms with E-state index >= 15 is 0 Å². The van der Waals surface area contributed by atoms with Crippen LogP contribution in [0.15, 0.2) is 201 Å². The largest absolute Gasteiger partial charge is 0.294 e. The summed E-state index contributed by atoms with van der Waals surface area (Å²) >= 11 is 0. The molecule has 10 rings (SSSR count). The van der Waals surface area contributed by atoms with Gasteiger partial charge in [0, 0.05) is 17.0 Å². The molecule has 0 fully saturated rings. The van der Waals surface area contributed by atoms with E-state index in [1.165, 1.54) is 55.2 Å². The monoisotopic (exact) mass is 735 g/mol. The molecule has 0 atom stereocenters. The Labute approximate surface area is 333 Å². The summed E-state index contributed by atoms with van der Waals surface area (Å²) in [6, 6.07) is 68.9. The van der Waals surface area contributed by atoms with Crippen LogP contribution in [0.1, 0.15) is 47.7 Å². The van der Waals surface area contributed by atoms with Gasteiger partial charge < -0.3 is 0 Å². The molecular weight excluding hydrogens is 693 g/mol. The maximum atomic E-state index is 5.05. The Balaban J connectivity index is 1.27. The summed E-state index contributed by atoms with van der Waals surface area (Å²) in [5.41, 5.74) is 13.5. The lowest BCUT2D eigenvalue weighted by Gasteiger charge is -2.37. The second kappa shape index (κ2) is 13.9. The highest BCUT2D eigenvalue weighted by molar-refractivity contribution is 6.09. The second-order valence-corrected chi connectivity index (χ2v) is 15.3. The Kier molecular flexibility index (Phi) is 8.41. The summed E-state index contributed by atoms with van der Waals surface area (Å²) < 4.78 is 7.05. The van der Waals surface area contributed by atoms with E-state index in [-0.39, 0.29) is 0 Å². The smallest absolute Gasteiger partial charge is 0.250 e. The second-order valence-electron chi connectivity index (χ2n) is 15.3. The van der Waals surface area contributed by atoms with Crippen LogP contribution in [-0.4, -0.2) is 14.1 Å². The van der Waals surface area contributed by atoms with Crippen LogP contribution in [0.25, 0.3) is 55.5 Å². The van der Waals surface area contributed by atoms with Gasteiger partial charge in [-0.2, -0.15) is 4.57 Å². The fourth-order valence-corrected chi connectivity index (χ4v) is 9.07. The summed E-state index contributed by atoms with van der Waals surface area (Å²) in [6.45, 7) is 6.66. The molecule has 10 aromatic rings. The highest BCUT2D eigenvalue weighted by Gasteiger charge is 2.39. The molecule has 0 aliphatic heterocycles. The van der Waals surface area contributed by atoms with Gasteiger partial charge >= 0.3 is 0 Å². The fraction of sp³-hybridized carbons (Fsp3) is 0.0943. The summed E-state index contributed by atoms with van der Waals surface area (Å²) in [5, 5.41) is 2.39. The molecule has 4 nitrogen and oxygen atoms in total. The van der Waals surface area contributed by atoms with Crippen LogP contribution in [0.3, 0.4) is 0 Å². The van der Waals surface area contributed by atoms with E-state index < -0.39 is 5.41 Å². The lowest BCUT2D eigenvalue weighted by molar-refractivity contribution is -0.691. The Morgan fingerprint density at radius 1 is 0.526 bits per heavy atom. The van der Waals surface area contributed by atoms with Crippen LogP contribution in [-0.2, 0) is 5.41 Å². The van der Waals surface area contributed by atoms with E-state index in [1.54, 1.807) is 0 Å². The first kappa shape index (κ1) is 34.5. The van der Waals surface area contributed by atoms with E-state index in [4.69, 9.17) is 4.98 Å². The Morgan fingerprint density at radius 3 is 1.91 bits per heavy atom. The van der Waals surface area contributed by atoms with Gasteiger partial charge in [-0.1, -0.05) is 140 Å². The zero-order valence-corrected chi connectivity index (χ0v) is 32.4. The van der Waals surface area contributed by atoms with Crippen molar-refractivity contribution >= 4 is 32.8 Å². The summed E-state index contributed by atoms with van der Waals surface area (Å²) in [6.07, 6.45) is 4.20. The van der Waals surface area contributed by atoms with Crippen LogP contribution < -0.4 is 4.57 Å². The maximum absolute atomic E-state index is 5.05. The lowest BCUT2D eigenvalue weighted by Crippen LogP contribution is -2.34. The standard InChI is InChI=1S/C53H43N4/c1-37(2)55-36-56(50-28-15-14-27-49(50)55)44-23-16-22-42(34-44)53(40-18-6-4-7-19-40,41-20-8-5-9-21-41)43-29-30-47-46-25-12-13-26-48(46)57(51(47)35-43)52-33-39(31-32-54-52)45-24-11-10-17-38(45)3/h4-37H,1-3H3/q+1. The molecule has 0 saturated heterocycles. The van der Waals surface area contributed by atoms with Gasteiger partial charge in [-0.05, 0) is 108 Å². The molecule has 0 radical (unpaired) electrons. The van der Waals surface area contributed by atoms with Gasteiger partial charge in [0.2, 0.25) is 6.33 Å². The predicted octanol–water partition coefficient (Wildman–Crippen LogP) is 12.3. The number of hydrogen-bond donors (Lipinski definition) is 0. The van der Waals surface area contributed by atoms with Crippen LogP contribution in [0.5, 0.6) is 0 Å². The van der Waals surface area contributed by atoms with Crippen LogP contribution in [0, 0.1) is 6.92 Å². The van der Waals surface area contributed by atoms with Crippen molar-refractivity contribution in [1.29, 1.82) is 0 Å². The number of hydrogen-bond acceptors (Lipinski definition) is 1. The summed E-state index contributed by atoms with van der Waals surface area (Å²) in [5.74, 6) is 0.893. The SMILES string of the molecule is Cc1ccccc1-c1ccnc(-n2c3ccccc3c3ccc(C(c4ccccc4)(c4ccccc4)c4cccc(-n5c[n+](C(C)C)c6ccccc65)c4)cc32)c1. The molecule has 3 aromatic heterocycles. The molecule has 0 saturated carbocycles. The molecule has 0 amide bonds. The highest BCUT2D eigenvalue weighted by atomic mass is 15.1. The van der Waals surface area contributed by atoms with Gasteiger partial charge in [-0.25, -0.2) is 9.55 Å². The molecule has 0 bridgehead atoms. The fourth-order valence-electron chi connectivity index (χ4n) is 9.07. The Hall–Kier alpha value is -7.04. The zero-order chi connectivity index (χ0) is 38.5. The van der Waals surface area contributed by atoms with Crippen molar-refractivity contribution in [2.75, 3.05) is 0 Å². The quantitative estimate of drug-likeness (QED) is 0.113. The average molecular weight is 736 g/mol. The topological polar surface area (TPSA) is 26.6 Å². The van der Waals surface area contributed by atoms with Gasteiger partial charge in [-0.3, -0.25) is 4.57 Å². The molecule has 0 unspecified atom stereocenters. The summed E-state index contributed by atoms with van der Waals surface area (Å²) in [4.78, 5) is 5.05. The van der Waals surface area contributed by atoms with E-state index in [0.29, 0.717) is 6.04 Å². The molecular formula is C53H43N4+. The normalized spacial score (nSPS) is 11.9. The molecule has 4 heteroatoms. The van der Waals surface area contributed by atoms with Gasteiger partial charge in [0.05, 0.1) is 22.5 Å². The number of aromatic nitrogens is 4. The minimum absolute atomic E-state index is 0.317. The van der Waals surface area contributed by atoms with Crippen molar-refractivity contribution in [3.8, 4) is 22.6 Å². The number of aryl methyl sites for hydroxylation is 1. The minimum Gasteiger partial charge on any atom is -0.294 e. The predicted molar refractivity (Wildman–Crippen MR) is 234 cm³/mol. The average Bonchev–Trinajstić information content (AvgIpc) is 3.82. The first-order valence-corrected chi connectivity index (χ1v) is 19.8. The van der Waals surface area contributed by atoms with Gasteiger partial charge in [0.25, 0.3) is 0 Å². The van der Waals surface area contributed by atoms with Crippen molar-refractivity contribution in [1.82, 2.24) is 14.1 Å². The third-order valence-corrected chi connectivity index (χ3v) is 11.7. The number of nitrogens with zero attached hydrogens (tertiary/aromatic N) is 4. The third kappa shape index (κ3) is 5.59. The number of rotatable bonds is 8. The molecule has 57 heavy (non-hydrogen) atoms. The molecule has 7 aromatic carbocycles. The van der Waals surface area contributed by atoms with Crippen molar-refractivity contribution < 1.29 is 4.57 Å². The van der Waals surface area contributed by atoms with Gasteiger partial charge in [0.15, 0.2) is 11.0 Å². The number of para-hydroxylation sites is 3. The van der Waals surface area contributed by atoms with E-state index in [0.717, 1.165) is 28.1 Å². The number of imidazole rings is 1. The van der Waals surface area contributed by atoms with Crippen molar-refractivity contribution in [3.05, 3.63) is 228 Å². The third-order valence-electron chi connectivity index (χ3n) is 11.7. The minimum atomic E-state index is -0.665. The van der Waals surface area contributed by atoms with Gasteiger partial charge in [-0.15, -0.1) is 0 Å². The highest BCUT2D eigenvalue weighted by Crippen LogP contribution is 2.47. The first-order chi connectivity index (χ1) is 28.0. The lowest BCUT2D eigenvalue weighted by atomic mass is 9.65. The van der Waals surface area contributed by atoms with Crippen molar-refractivity contribution in [2.24, 2.45) is 0 Å². The van der Waals surface area contributed by atoms with Gasteiger partial charge in [0.1, 0.15) is 11.5 Å². The number of fused-ring (bicyclic) bond motifs is 4. The van der Waals surface area contributed by atoms with E-state index in [9.17, 15) is 0 Å². The molecule has 3 heterocycles. The zero-order valence-electron chi connectivity index (χ0n) is 32.4. The van der Waals surface area contributed by atoms with E-state index in [1.807, 2.05) is 6.20 Å². The Bertz CT molecular complexity index is 3020. The maximum Gasteiger partial charge on any atom is 0.250 e. The van der Waals surface area contributed by atoms with Crippen molar-refractivity contribution in [2.45, 2.75) is 32.2 Å². The summed E-state index contributed by atoms with van der Waals surface area (Å²) in [7, 11) is 0. The first-order valence-electron chi connectivity index (χ1n) is 19.8. The number of benzene rings is 7. The van der Waals surface area contributed by atoms with E-state index in [2.05, 4.69) is 229 Å². The Morgan fingerprint density at radius 2 is 1.16 bits per heavy atom. The van der Waals surface area contributed by atoms with Crippen LogP contribution in [0.2, 0.25) is 0 Å². The van der Waals surface area contributed by atoms with Crippen LogP contribution in [0.4, 0.5) is 0 Å². The molecule has 0 N–H and O–H groups in total. The molecule has 0 aliphatic rings. The van der Waals surface area contributed by atoms with Crippen molar-refractivity contribution in [3.63, 3.8) is 0 Å². The molecule has 0 spiro atoms.